The molecule has 0 saturated carbocycles. The van der Waals surface area contributed by atoms with Crippen molar-refractivity contribution in [1.29, 1.82) is 0 Å². The van der Waals surface area contributed by atoms with Crippen LogP contribution in [-0.2, 0) is 24.3 Å². The third-order valence-electron chi connectivity index (χ3n) is 6.68. The first-order chi connectivity index (χ1) is 16.1. The maximum Gasteiger partial charge on any atom is 0.245 e. The van der Waals surface area contributed by atoms with Gasteiger partial charge in [-0.3, -0.25) is 9.59 Å². The number of carbonyl (C=O) groups is 2. The molecule has 3 aliphatic heterocycles. The molecule has 3 fully saturated rings. The van der Waals surface area contributed by atoms with Crippen LogP contribution in [0.1, 0.15) is 33.6 Å². The summed E-state index contributed by atoms with van der Waals surface area (Å²) in [5.74, 6) is 0.742. The maximum atomic E-state index is 13.2. The van der Waals surface area contributed by atoms with Gasteiger partial charge in [-0.2, -0.15) is 4.31 Å². The third kappa shape index (κ3) is 5.06. The largest absolute Gasteiger partial charge is 0.379 e. The molecule has 0 spiro atoms. The lowest BCUT2D eigenvalue weighted by atomic mass is 9.94. The van der Waals surface area contributed by atoms with E-state index in [0.717, 1.165) is 6.42 Å². The van der Waals surface area contributed by atoms with Gasteiger partial charge in [-0.1, -0.05) is 20.8 Å². The van der Waals surface area contributed by atoms with Gasteiger partial charge in [0.05, 0.1) is 13.2 Å². The fourth-order valence-electron chi connectivity index (χ4n) is 4.71. The molecular formula is C23H35N5O5S. The van der Waals surface area contributed by atoms with Crippen LogP contribution in [0.3, 0.4) is 0 Å². The van der Waals surface area contributed by atoms with E-state index in [4.69, 9.17) is 4.74 Å². The number of anilines is 1. The van der Waals surface area contributed by atoms with Crippen molar-refractivity contribution in [3.05, 3.63) is 18.3 Å². The van der Waals surface area contributed by atoms with Crippen molar-refractivity contribution in [3.63, 3.8) is 0 Å². The predicted molar refractivity (Wildman–Crippen MR) is 127 cm³/mol. The fourth-order valence-corrected chi connectivity index (χ4v) is 6.07. The second-order valence-corrected chi connectivity index (χ2v) is 12.0. The van der Waals surface area contributed by atoms with Gasteiger partial charge in [0.25, 0.3) is 0 Å². The molecule has 3 saturated heterocycles. The number of hydrogen-bond acceptors (Lipinski definition) is 7. The van der Waals surface area contributed by atoms with Gasteiger partial charge in [0.1, 0.15) is 16.8 Å². The Morgan fingerprint density at radius 3 is 2.26 bits per heavy atom. The van der Waals surface area contributed by atoms with E-state index in [0.29, 0.717) is 71.3 Å². The zero-order valence-electron chi connectivity index (χ0n) is 20.3. The number of carbonyl (C=O) groups excluding carboxylic acids is 2. The molecule has 188 valence electrons. The maximum absolute atomic E-state index is 13.2. The summed E-state index contributed by atoms with van der Waals surface area (Å²) in [6, 6.07) is 2.95. The van der Waals surface area contributed by atoms with Crippen molar-refractivity contribution in [1.82, 2.24) is 19.1 Å². The van der Waals surface area contributed by atoms with Gasteiger partial charge < -0.3 is 19.4 Å². The standard InChI is InChI=1S/C23H35N5O5S/c1-23(2,3)22(30)28-8-4-5-19(28)21(29)26-11-9-25(10-12-26)20-7-6-18(17-24-20)34(31,32)27-13-15-33-16-14-27/h6-7,17,19H,4-5,8-16H2,1-3H3. The number of piperazine rings is 1. The van der Waals surface area contributed by atoms with Crippen LogP contribution < -0.4 is 4.90 Å². The van der Waals surface area contributed by atoms with Crippen molar-refractivity contribution in [2.24, 2.45) is 5.41 Å². The number of rotatable bonds is 4. The molecule has 1 unspecified atom stereocenters. The highest BCUT2D eigenvalue weighted by atomic mass is 32.2. The highest BCUT2D eigenvalue weighted by Gasteiger charge is 2.40. The zero-order chi connectivity index (χ0) is 24.5. The van der Waals surface area contributed by atoms with Crippen LogP contribution >= 0.6 is 0 Å². The first kappa shape index (κ1) is 24.9. The van der Waals surface area contributed by atoms with Crippen molar-refractivity contribution in [2.75, 3.05) is 63.9 Å². The number of nitrogens with zero attached hydrogens (tertiary/aromatic N) is 5. The van der Waals surface area contributed by atoms with Gasteiger partial charge in [0.15, 0.2) is 0 Å². The number of pyridine rings is 1. The highest BCUT2D eigenvalue weighted by molar-refractivity contribution is 7.89. The average molecular weight is 494 g/mol. The Kier molecular flexibility index (Phi) is 7.16. The highest BCUT2D eigenvalue weighted by Crippen LogP contribution is 2.27. The summed E-state index contributed by atoms with van der Waals surface area (Å²) in [4.78, 5) is 36.2. The van der Waals surface area contributed by atoms with Crippen molar-refractivity contribution >= 4 is 27.7 Å². The van der Waals surface area contributed by atoms with Crippen LogP contribution in [0.4, 0.5) is 5.82 Å². The number of hydrogen-bond donors (Lipinski definition) is 0. The number of likely N-dealkylation sites (tertiary alicyclic amines) is 1. The molecule has 0 aromatic carbocycles. The van der Waals surface area contributed by atoms with Crippen molar-refractivity contribution < 1.29 is 22.7 Å². The van der Waals surface area contributed by atoms with E-state index in [2.05, 4.69) is 9.88 Å². The van der Waals surface area contributed by atoms with Crippen molar-refractivity contribution in [2.45, 2.75) is 44.6 Å². The van der Waals surface area contributed by atoms with Crippen LogP contribution in [0, 0.1) is 5.41 Å². The van der Waals surface area contributed by atoms with E-state index in [-0.39, 0.29) is 22.8 Å². The summed E-state index contributed by atoms with van der Waals surface area (Å²) in [5, 5.41) is 0. The minimum absolute atomic E-state index is 0.0228. The number of morpholine rings is 1. The molecule has 4 rings (SSSR count). The second-order valence-electron chi connectivity index (χ2n) is 10.1. The SMILES string of the molecule is CC(C)(C)C(=O)N1CCCC1C(=O)N1CCN(c2ccc(S(=O)(=O)N3CCOCC3)cn2)CC1. The molecular weight excluding hydrogens is 458 g/mol. The summed E-state index contributed by atoms with van der Waals surface area (Å²) in [5.41, 5.74) is -0.505. The molecule has 1 atom stereocenters. The minimum atomic E-state index is -3.57. The molecule has 0 bridgehead atoms. The molecule has 1 aromatic heterocycles. The van der Waals surface area contributed by atoms with Crippen LogP contribution in [0.25, 0.3) is 0 Å². The van der Waals surface area contributed by atoms with E-state index < -0.39 is 15.4 Å². The Bertz CT molecular complexity index is 994. The fraction of sp³-hybridized carbons (Fsp3) is 0.696. The Morgan fingerprint density at radius 2 is 1.68 bits per heavy atom. The van der Waals surface area contributed by atoms with Gasteiger partial charge in [-0.25, -0.2) is 13.4 Å². The molecule has 3 aliphatic rings. The zero-order valence-corrected chi connectivity index (χ0v) is 21.1. The topological polar surface area (TPSA) is 103 Å². The number of ether oxygens (including phenoxy) is 1. The van der Waals surface area contributed by atoms with Crippen LogP contribution in [0.15, 0.2) is 23.2 Å². The van der Waals surface area contributed by atoms with Crippen LogP contribution in [0.2, 0.25) is 0 Å². The van der Waals surface area contributed by atoms with Gasteiger partial charge >= 0.3 is 0 Å². The third-order valence-corrected chi connectivity index (χ3v) is 8.57. The second kappa shape index (κ2) is 9.79. The van der Waals surface area contributed by atoms with E-state index in [9.17, 15) is 18.0 Å². The first-order valence-corrected chi connectivity index (χ1v) is 13.4. The number of amides is 2. The van der Waals surface area contributed by atoms with E-state index in [1.165, 1.54) is 10.5 Å². The summed E-state index contributed by atoms with van der Waals surface area (Å²) in [6.07, 6.45) is 2.97. The summed E-state index contributed by atoms with van der Waals surface area (Å²) >= 11 is 0. The lowest BCUT2D eigenvalue weighted by molar-refractivity contribution is -0.148. The number of sulfonamides is 1. The summed E-state index contributed by atoms with van der Waals surface area (Å²) < 4.78 is 32.3. The average Bonchev–Trinajstić information content (AvgIpc) is 3.33. The molecule has 0 N–H and O–H groups in total. The Morgan fingerprint density at radius 1 is 1.00 bits per heavy atom. The smallest absolute Gasteiger partial charge is 0.245 e. The Hall–Kier alpha value is -2.24. The quantitative estimate of drug-likeness (QED) is 0.611. The lowest BCUT2D eigenvalue weighted by Gasteiger charge is -2.38. The molecule has 2 amide bonds. The lowest BCUT2D eigenvalue weighted by Crippen LogP contribution is -2.55. The number of aromatic nitrogens is 1. The monoisotopic (exact) mass is 493 g/mol. The van der Waals surface area contributed by atoms with Gasteiger partial charge in [-0.15, -0.1) is 0 Å². The molecule has 0 radical (unpaired) electrons. The molecule has 0 aliphatic carbocycles. The van der Waals surface area contributed by atoms with Gasteiger partial charge in [0, 0.05) is 57.4 Å². The van der Waals surface area contributed by atoms with Gasteiger partial charge in [0.2, 0.25) is 21.8 Å². The van der Waals surface area contributed by atoms with Crippen molar-refractivity contribution in [3.8, 4) is 0 Å². The van der Waals surface area contributed by atoms with E-state index in [1.54, 1.807) is 17.0 Å². The molecule has 11 heteroatoms. The molecule has 4 heterocycles. The summed E-state index contributed by atoms with van der Waals surface area (Å²) in [7, 11) is -3.57. The van der Waals surface area contributed by atoms with E-state index >= 15 is 0 Å². The Balaban J connectivity index is 1.35. The van der Waals surface area contributed by atoms with Crippen LogP contribution in [-0.4, -0.2) is 104 Å². The van der Waals surface area contributed by atoms with Gasteiger partial charge in [-0.05, 0) is 25.0 Å². The minimum Gasteiger partial charge on any atom is -0.379 e. The summed E-state index contributed by atoms with van der Waals surface area (Å²) in [6.45, 7) is 10.1. The Labute approximate surface area is 201 Å². The molecule has 10 nitrogen and oxygen atoms in total. The normalized spacial score (nSPS) is 22.8. The first-order valence-electron chi connectivity index (χ1n) is 12.0. The van der Waals surface area contributed by atoms with Crippen LogP contribution in [0.5, 0.6) is 0 Å². The molecule has 1 aromatic rings. The predicted octanol–water partition coefficient (Wildman–Crippen LogP) is 0.788. The van der Waals surface area contributed by atoms with E-state index in [1.807, 2.05) is 25.7 Å². The molecule has 34 heavy (non-hydrogen) atoms.